The summed E-state index contributed by atoms with van der Waals surface area (Å²) in [6.07, 6.45) is 1.59. The van der Waals surface area contributed by atoms with Gasteiger partial charge < -0.3 is 14.9 Å². The SMILES string of the molecule is CC(C)c1cc(=O)[nH]c2cc(NC(=O)c3cccn(C)c3=O)ccc12. The molecule has 25 heavy (non-hydrogen) atoms. The highest BCUT2D eigenvalue weighted by Crippen LogP contribution is 2.25. The average molecular weight is 337 g/mol. The van der Waals surface area contributed by atoms with Gasteiger partial charge >= 0.3 is 0 Å². The number of nitrogens with zero attached hydrogens (tertiary/aromatic N) is 1. The molecule has 2 N–H and O–H groups in total. The van der Waals surface area contributed by atoms with Crippen LogP contribution in [-0.4, -0.2) is 15.5 Å². The average Bonchev–Trinajstić information content (AvgIpc) is 2.56. The first kappa shape index (κ1) is 16.7. The van der Waals surface area contributed by atoms with E-state index in [1.54, 1.807) is 37.5 Å². The van der Waals surface area contributed by atoms with Crippen molar-refractivity contribution in [1.82, 2.24) is 9.55 Å². The van der Waals surface area contributed by atoms with Crippen LogP contribution < -0.4 is 16.4 Å². The van der Waals surface area contributed by atoms with E-state index in [4.69, 9.17) is 0 Å². The molecular weight excluding hydrogens is 318 g/mol. The van der Waals surface area contributed by atoms with Crippen molar-refractivity contribution in [3.8, 4) is 0 Å². The number of amides is 1. The smallest absolute Gasteiger partial charge is 0.263 e. The van der Waals surface area contributed by atoms with E-state index in [9.17, 15) is 14.4 Å². The predicted octanol–water partition coefficient (Wildman–Crippen LogP) is 2.60. The van der Waals surface area contributed by atoms with Gasteiger partial charge in [0.05, 0.1) is 5.52 Å². The number of pyridine rings is 2. The van der Waals surface area contributed by atoms with Crippen LogP contribution in [0.4, 0.5) is 5.69 Å². The maximum absolute atomic E-state index is 12.4. The number of fused-ring (bicyclic) bond motifs is 1. The summed E-state index contributed by atoms with van der Waals surface area (Å²) in [6.45, 7) is 4.05. The molecule has 0 spiro atoms. The Morgan fingerprint density at radius 3 is 2.64 bits per heavy atom. The van der Waals surface area contributed by atoms with E-state index >= 15 is 0 Å². The number of aromatic nitrogens is 2. The van der Waals surface area contributed by atoms with Crippen LogP contribution >= 0.6 is 0 Å². The number of aromatic amines is 1. The van der Waals surface area contributed by atoms with E-state index in [1.807, 2.05) is 19.9 Å². The van der Waals surface area contributed by atoms with Gasteiger partial charge in [0.25, 0.3) is 11.5 Å². The Balaban J connectivity index is 2.00. The van der Waals surface area contributed by atoms with Crippen LogP contribution in [0.25, 0.3) is 10.9 Å². The minimum absolute atomic E-state index is 0.0644. The molecule has 1 aromatic carbocycles. The number of hydrogen-bond donors (Lipinski definition) is 2. The lowest BCUT2D eigenvalue weighted by Gasteiger charge is -2.11. The molecule has 0 aliphatic carbocycles. The van der Waals surface area contributed by atoms with Crippen molar-refractivity contribution < 1.29 is 4.79 Å². The summed E-state index contributed by atoms with van der Waals surface area (Å²) in [5.41, 5.74) is 1.63. The molecule has 128 valence electrons. The van der Waals surface area contributed by atoms with Gasteiger partial charge in [-0.3, -0.25) is 14.4 Å². The molecule has 0 unspecified atom stereocenters. The Hall–Kier alpha value is -3.15. The summed E-state index contributed by atoms with van der Waals surface area (Å²) in [5.74, 6) is -0.277. The van der Waals surface area contributed by atoms with Gasteiger partial charge in [0, 0.05) is 30.4 Å². The molecular formula is C19H19N3O3. The molecule has 0 fully saturated rings. The number of hydrogen-bond acceptors (Lipinski definition) is 3. The Morgan fingerprint density at radius 1 is 1.16 bits per heavy atom. The van der Waals surface area contributed by atoms with Crippen LogP contribution in [0.3, 0.4) is 0 Å². The lowest BCUT2D eigenvalue weighted by Crippen LogP contribution is -2.27. The molecule has 0 saturated heterocycles. The zero-order valence-electron chi connectivity index (χ0n) is 14.3. The highest BCUT2D eigenvalue weighted by Gasteiger charge is 2.13. The molecule has 0 atom stereocenters. The van der Waals surface area contributed by atoms with Crippen molar-refractivity contribution in [3.63, 3.8) is 0 Å². The van der Waals surface area contributed by atoms with Crippen molar-refractivity contribution in [3.05, 3.63) is 74.4 Å². The number of H-pyrrole nitrogens is 1. The third kappa shape index (κ3) is 3.24. The fourth-order valence-corrected chi connectivity index (χ4v) is 2.81. The van der Waals surface area contributed by atoms with Gasteiger partial charge in [-0.25, -0.2) is 0 Å². The third-order valence-electron chi connectivity index (χ3n) is 4.12. The van der Waals surface area contributed by atoms with Crippen molar-refractivity contribution in [1.29, 1.82) is 0 Å². The van der Waals surface area contributed by atoms with Gasteiger partial charge in [-0.15, -0.1) is 0 Å². The lowest BCUT2D eigenvalue weighted by molar-refractivity contribution is 0.102. The van der Waals surface area contributed by atoms with Crippen molar-refractivity contribution in [2.75, 3.05) is 5.32 Å². The zero-order valence-corrected chi connectivity index (χ0v) is 14.3. The van der Waals surface area contributed by atoms with Gasteiger partial charge in [-0.2, -0.15) is 0 Å². The molecule has 1 amide bonds. The summed E-state index contributed by atoms with van der Waals surface area (Å²) in [5, 5.41) is 3.65. The number of nitrogens with one attached hydrogen (secondary N) is 2. The Bertz CT molecular complexity index is 1080. The maximum atomic E-state index is 12.4. The second-order valence-corrected chi connectivity index (χ2v) is 6.30. The van der Waals surface area contributed by atoms with E-state index < -0.39 is 5.91 Å². The highest BCUT2D eigenvalue weighted by atomic mass is 16.2. The van der Waals surface area contributed by atoms with Gasteiger partial charge in [0.15, 0.2) is 0 Å². The minimum atomic E-state index is -0.483. The normalized spacial score (nSPS) is 11.0. The topological polar surface area (TPSA) is 84.0 Å². The number of benzene rings is 1. The number of anilines is 1. The first-order valence-electron chi connectivity index (χ1n) is 8.01. The van der Waals surface area contributed by atoms with Crippen LogP contribution in [0.15, 0.2) is 52.2 Å². The van der Waals surface area contributed by atoms with E-state index in [1.165, 1.54) is 10.6 Å². The standard InChI is InChI=1S/C19H19N3O3/c1-11(2)15-10-17(23)21-16-9-12(6-7-13(15)16)20-18(24)14-5-4-8-22(3)19(14)25/h4-11H,1-3H3,(H,20,24)(H,21,23). The molecule has 3 aromatic rings. The maximum Gasteiger partial charge on any atom is 0.263 e. The zero-order chi connectivity index (χ0) is 18.1. The van der Waals surface area contributed by atoms with Crippen LogP contribution in [0.2, 0.25) is 0 Å². The van der Waals surface area contributed by atoms with Gasteiger partial charge in [-0.1, -0.05) is 19.9 Å². The summed E-state index contributed by atoms with van der Waals surface area (Å²) in [6, 6.07) is 10.0. The van der Waals surface area contributed by atoms with Crippen LogP contribution in [0.5, 0.6) is 0 Å². The monoisotopic (exact) mass is 337 g/mol. The minimum Gasteiger partial charge on any atom is -0.322 e. The number of rotatable bonds is 3. The third-order valence-corrected chi connectivity index (χ3v) is 4.12. The first-order chi connectivity index (χ1) is 11.9. The summed E-state index contributed by atoms with van der Waals surface area (Å²) in [4.78, 5) is 39.0. The fraction of sp³-hybridized carbons (Fsp3) is 0.211. The quantitative estimate of drug-likeness (QED) is 0.770. The molecule has 0 bridgehead atoms. The Kier molecular flexibility index (Phi) is 4.27. The molecule has 6 heteroatoms. The molecule has 3 rings (SSSR count). The van der Waals surface area contributed by atoms with Gasteiger partial charge in [0.1, 0.15) is 5.56 Å². The predicted molar refractivity (Wildman–Crippen MR) is 98.3 cm³/mol. The van der Waals surface area contributed by atoms with E-state index in [-0.39, 0.29) is 22.6 Å². The molecule has 2 heterocycles. The molecule has 6 nitrogen and oxygen atoms in total. The highest BCUT2D eigenvalue weighted by molar-refractivity contribution is 6.04. The van der Waals surface area contributed by atoms with E-state index in [0.29, 0.717) is 11.2 Å². The largest absolute Gasteiger partial charge is 0.322 e. The summed E-state index contributed by atoms with van der Waals surface area (Å²) in [7, 11) is 1.59. The number of carbonyl (C=O) groups excluding carboxylic acids is 1. The van der Waals surface area contributed by atoms with Crippen molar-refractivity contribution in [2.45, 2.75) is 19.8 Å². The van der Waals surface area contributed by atoms with Gasteiger partial charge in [-0.05, 0) is 35.7 Å². The molecule has 2 aromatic heterocycles. The Labute approximate surface area is 144 Å². The number of aryl methyl sites for hydroxylation is 1. The molecule has 0 aliphatic heterocycles. The van der Waals surface area contributed by atoms with Gasteiger partial charge in [0.2, 0.25) is 5.56 Å². The fourth-order valence-electron chi connectivity index (χ4n) is 2.81. The van der Waals surface area contributed by atoms with Crippen LogP contribution in [-0.2, 0) is 7.05 Å². The van der Waals surface area contributed by atoms with E-state index in [2.05, 4.69) is 10.3 Å². The summed E-state index contributed by atoms with van der Waals surface area (Å²) >= 11 is 0. The molecule has 0 aliphatic rings. The van der Waals surface area contributed by atoms with Crippen LogP contribution in [0, 0.1) is 0 Å². The second-order valence-electron chi connectivity index (χ2n) is 6.30. The first-order valence-corrected chi connectivity index (χ1v) is 8.01. The molecule has 0 saturated carbocycles. The second kappa shape index (κ2) is 6.39. The molecule has 0 radical (unpaired) electrons. The summed E-state index contributed by atoms with van der Waals surface area (Å²) < 4.78 is 1.35. The van der Waals surface area contributed by atoms with E-state index in [0.717, 1.165) is 10.9 Å². The van der Waals surface area contributed by atoms with Crippen molar-refractivity contribution >= 4 is 22.5 Å². The Morgan fingerprint density at radius 2 is 1.92 bits per heavy atom. The van der Waals surface area contributed by atoms with Crippen LogP contribution in [0.1, 0.15) is 35.7 Å². The lowest BCUT2D eigenvalue weighted by atomic mass is 9.99. The number of carbonyl (C=O) groups is 1. The van der Waals surface area contributed by atoms with Crippen molar-refractivity contribution in [2.24, 2.45) is 7.05 Å².